The van der Waals surface area contributed by atoms with E-state index in [2.05, 4.69) is 27.8 Å². The molecule has 0 aromatic rings. The van der Waals surface area contributed by atoms with Crippen LogP contribution < -0.4 is 21.3 Å². The highest BCUT2D eigenvalue weighted by molar-refractivity contribution is 6.38. The highest BCUT2D eigenvalue weighted by Crippen LogP contribution is 2.21. The third-order valence-corrected chi connectivity index (χ3v) is 6.57. The van der Waals surface area contributed by atoms with Crippen LogP contribution in [0.2, 0.25) is 0 Å². The van der Waals surface area contributed by atoms with Gasteiger partial charge in [0.1, 0.15) is 31.3 Å². The summed E-state index contributed by atoms with van der Waals surface area (Å²) >= 11 is 0. The van der Waals surface area contributed by atoms with Crippen LogP contribution in [0.5, 0.6) is 0 Å². The van der Waals surface area contributed by atoms with Gasteiger partial charge in [-0.1, -0.05) is 53.7 Å². The Labute approximate surface area is 241 Å². The van der Waals surface area contributed by atoms with Crippen LogP contribution in [0.25, 0.3) is 0 Å². The van der Waals surface area contributed by atoms with Crippen molar-refractivity contribution in [1.82, 2.24) is 26.2 Å². The van der Waals surface area contributed by atoms with Crippen LogP contribution in [0.4, 0.5) is 0 Å². The van der Waals surface area contributed by atoms with Crippen molar-refractivity contribution < 1.29 is 38.3 Å². The zero-order valence-electron chi connectivity index (χ0n) is 24.9. The topological polar surface area (TPSA) is 180 Å². The van der Waals surface area contributed by atoms with Gasteiger partial charge >= 0.3 is 5.97 Å². The highest BCUT2D eigenvalue weighted by Gasteiger charge is 2.40. The molecular formula is C28H45N5O8. The first kappa shape index (κ1) is 35.3. The van der Waals surface area contributed by atoms with Gasteiger partial charge in [-0.25, -0.2) is 0 Å². The molecule has 0 spiro atoms. The standard InChI is InChI=1S/C28H45N5O8/c1-8-11-19(24(36)27(39)29-15-21(35)41-14-9-2)31-25(37)20-12-10-13-33(20)28(40)23(17(5)6)32-26(38)22(16(3)4)30-18(7)34/h9,16-17,19-20,22-23H,2,8,10-15H2,1,3-7H3,(H,29,39)(H,30,34)(H,31,37)(H,32,38). The number of hydrogen-bond donors (Lipinski definition) is 4. The van der Waals surface area contributed by atoms with Crippen LogP contribution in [0.15, 0.2) is 12.7 Å². The summed E-state index contributed by atoms with van der Waals surface area (Å²) in [6.07, 6.45) is 2.88. The van der Waals surface area contributed by atoms with Gasteiger partial charge in [-0.2, -0.15) is 0 Å². The minimum absolute atomic E-state index is 0.0390. The molecule has 0 bridgehead atoms. The molecule has 5 amide bonds. The van der Waals surface area contributed by atoms with E-state index in [1.54, 1.807) is 34.6 Å². The van der Waals surface area contributed by atoms with E-state index >= 15 is 0 Å². The summed E-state index contributed by atoms with van der Waals surface area (Å²) in [4.78, 5) is 89.6. The number of nitrogens with zero attached hydrogens (tertiary/aromatic N) is 1. The van der Waals surface area contributed by atoms with Gasteiger partial charge in [-0.3, -0.25) is 33.6 Å². The second kappa shape index (κ2) is 17.1. The van der Waals surface area contributed by atoms with Gasteiger partial charge in [-0.15, -0.1) is 0 Å². The van der Waals surface area contributed by atoms with Gasteiger partial charge in [0, 0.05) is 13.5 Å². The molecule has 0 aliphatic carbocycles. The maximum atomic E-state index is 13.6. The van der Waals surface area contributed by atoms with Crippen molar-refractivity contribution in [2.75, 3.05) is 19.7 Å². The van der Waals surface area contributed by atoms with Crippen molar-refractivity contribution in [3.63, 3.8) is 0 Å². The third-order valence-electron chi connectivity index (χ3n) is 6.57. The molecule has 41 heavy (non-hydrogen) atoms. The van der Waals surface area contributed by atoms with Crippen molar-refractivity contribution in [2.24, 2.45) is 11.8 Å². The molecule has 4 unspecified atom stereocenters. The molecule has 4 atom stereocenters. The molecule has 1 aliphatic heterocycles. The van der Waals surface area contributed by atoms with Crippen molar-refractivity contribution in [2.45, 2.75) is 91.4 Å². The largest absolute Gasteiger partial charge is 0.460 e. The minimum Gasteiger partial charge on any atom is -0.460 e. The average molecular weight is 580 g/mol. The molecular weight excluding hydrogens is 534 g/mol. The fourth-order valence-electron chi connectivity index (χ4n) is 4.42. The first-order valence-electron chi connectivity index (χ1n) is 14.0. The van der Waals surface area contributed by atoms with Gasteiger partial charge in [-0.05, 0) is 31.1 Å². The number of amides is 5. The summed E-state index contributed by atoms with van der Waals surface area (Å²) in [6, 6.07) is -3.85. The fourth-order valence-corrected chi connectivity index (χ4v) is 4.42. The molecule has 1 aliphatic rings. The van der Waals surface area contributed by atoms with Gasteiger partial charge in [0.25, 0.3) is 5.91 Å². The number of hydrogen-bond acceptors (Lipinski definition) is 8. The first-order valence-corrected chi connectivity index (χ1v) is 14.0. The van der Waals surface area contributed by atoms with Crippen LogP contribution in [-0.4, -0.2) is 90.1 Å². The van der Waals surface area contributed by atoms with E-state index in [0.717, 1.165) is 0 Å². The number of esters is 1. The Balaban J connectivity index is 2.98. The SMILES string of the molecule is C=CCOC(=O)CNC(=O)C(=O)C(CCC)NC(=O)C1CCCN1C(=O)C(NC(=O)C(NC(C)=O)C(C)C)C(C)C. The third kappa shape index (κ3) is 11.0. The van der Waals surface area contributed by atoms with Crippen molar-refractivity contribution >= 4 is 41.3 Å². The molecule has 230 valence electrons. The number of rotatable bonds is 16. The molecule has 13 heteroatoms. The summed E-state index contributed by atoms with van der Waals surface area (Å²) in [5, 5.41) is 10.1. The maximum absolute atomic E-state index is 13.6. The second-order valence-electron chi connectivity index (χ2n) is 10.7. The number of carbonyl (C=O) groups excluding carboxylic acids is 7. The van der Waals surface area contributed by atoms with Gasteiger partial charge < -0.3 is 30.9 Å². The second-order valence-corrected chi connectivity index (χ2v) is 10.7. The van der Waals surface area contributed by atoms with Crippen LogP contribution in [0, 0.1) is 11.8 Å². The van der Waals surface area contributed by atoms with Crippen molar-refractivity contribution in [1.29, 1.82) is 0 Å². The van der Waals surface area contributed by atoms with Gasteiger partial charge in [0.05, 0.1) is 6.04 Å². The molecule has 4 N–H and O–H groups in total. The Morgan fingerprint density at radius 1 is 0.976 bits per heavy atom. The number of likely N-dealkylation sites (tertiary alicyclic amines) is 1. The molecule has 1 fully saturated rings. The predicted molar refractivity (Wildman–Crippen MR) is 150 cm³/mol. The molecule has 0 aromatic carbocycles. The summed E-state index contributed by atoms with van der Waals surface area (Å²) in [6.45, 7) is 13.3. The van der Waals surface area contributed by atoms with Crippen molar-refractivity contribution in [3.05, 3.63) is 12.7 Å². The minimum atomic E-state index is -1.15. The van der Waals surface area contributed by atoms with E-state index in [9.17, 15) is 33.6 Å². The Kier molecular flexibility index (Phi) is 14.7. The lowest BCUT2D eigenvalue weighted by atomic mass is 9.99. The van der Waals surface area contributed by atoms with Crippen LogP contribution >= 0.6 is 0 Å². The Morgan fingerprint density at radius 3 is 2.15 bits per heavy atom. The lowest BCUT2D eigenvalue weighted by molar-refractivity contribution is -0.145. The molecule has 1 rings (SSSR count). The number of Topliss-reactive ketones (excluding diaryl/α,β-unsaturated/α-hetero) is 1. The molecule has 0 radical (unpaired) electrons. The lowest BCUT2D eigenvalue weighted by Gasteiger charge is -2.32. The van der Waals surface area contributed by atoms with E-state index in [1.165, 1.54) is 17.9 Å². The number of ketones is 1. The van der Waals surface area contributed by atoms with Crippen LogP contribution in [-0.2, 0) is 38.3 Å². The smallest absolute Gasteiger partial charge is 0.325 e. The predicted octanol–water partition coefficient (Wildman–Crippen LogP) is -0.0217. The lowest BCUT2D eigenvalue weighted by Crippen LogP contribution is -2.59. The van der Waals surface area contributed by atoms with Gasteiger partial charge in [0.15, 0.2) is 0 Å². The molecule has 13 nitrogen and oxygen atoms in total. The van der Waals surface area contributed by atoms with E-state index in [0.29, 0.717) is 19.3 Å². The highest BCUT2D eigenvalue weighted by atomic mass is 16.5. The summed E-state index contributed by atoms with van der Waals surface area (Å²) in [5.41, 5.74) is 0. The summed E-state index contributed by atoms with van der Waals surface area (Å²) < 4.78 is 4.76. The van der Waals surface area contributed by atoms with Crippen LogP contribution in [0.1, 0.15) is 67.2 Å². The fraction of sp³-hybridized carbons (Fsp3) is 0.679. The summed E-state index contributed by atoms with van der Waals surface area (Å²) in [5.74, 6) is -5.18. The molecule has 0 aromatic heterocycles. The molecule has 1 heterocycles. The number of carbonyl (C=O) groups is 7. The van der Waals surface area contributed by atoms with E-state index in [1.807, 2.05) is 0 Å². The molecule has 1 saturated heterocycles. The van der Waals surface area contributed by atoms with E-state index in [4.69, 9.17) is 4.74 Å². The van der Waals surface area contributed by atoms with Crippen LogP contribution in [0.3, 0.4) is 0 Å². The van der Waals surface area contributed by atoms with E-state index in [-0.39, 0.29) is 37.3 Å². The maximum Gasteiger partial charge on any atom is 0.325 e. The quantitative estimate of drug-likeness (QED) is 0.112. The first-order chi connectivity index (χ1) is 19.2. The number of nitrogens with one attached hydrogen (secondary N) is 4. The monoisotopic (exact) mass is 579 g/mol. The zero-order valence-corrected chi connectivity index (χ0v) is 24.9. The Hall–Kier alpha value is -3.77. The number of ether oxygens (including phenoxy) is 1. The van der Waals surface area contributed by atoms with Gasteiger partial charge in [0.2, 0.25) is 29.4 Å². The zero-order chi connectivity index (χ0) is 31.3. The Morgan fingerprint density at radius 2 is 1.61 bits per heavy atom. The Bertz CT molecular complexity index is 996. The average Bonchev–Trinajstić information content (AvgIpc) is 3.40. The normalized spacial score (nSPS) is 16.8. The molecule has 0 saturated carbocycles. The van der Waals surface area contributed by atoms with E-state index < -0.39 is 66.1 Å². The van der Waals surface area contributed by atoms with Crippen molar-refractivity contribution in [3.8, 4) is 0 Å². The summed E-state index contributed by atoms with van der Waals surface area (Å²) in [7, 11) is 0.